The van der Waals surface area contributed by atoms with Gasteiger partial charge in [0, 0.05) is 26.1 Å². The van der Waals surface area contributed by atoms with E-state index in [1.807, 2.05) is 30.3 Å². The molecule has 2 aromatic rings. The Morgan fingerprint density at radius 3 is 2.40 bits per heavy atom. The second-order valence-electron chi connectivity index (χ2n) is 7.20. The molecule has 6 nitrogen and oxygen atoms in total. The van der Waals surface area contributed by atoms with Gasteiger partial charge in [0.2, 0.25) is 5.91 Å². The van der Waals surface area contributed by atoms with Crippen molar-refractivity contribution < 1.29 is 27.8 Å². The molecule has 0 aromatic heterocycles. The summed E-state index contributed by atoms with van der Waals surface area (Å²) in [5.41, 5.74) is 0.621. The van der Waals surface area contributed by atoms with Crippen LogP contribution in [0.2, 0.25) is 0 Å². The number of amides is 2. The first-order chi connectivity index (χ1) is 14.4. The zero-order chi connectivity index (χ0) is 21.7. The van der Waals surface area contributed by atoms with Crippen molar-refractivity contribution in [3.63, 3.8) is 0 Å². The quantitative estimate of drug-likeness (QED) is 0.722. The summed E-state index contributed by atoms with van der Waals surface area (Å²) in [4.78, 5) is 28.2. The van der Waals surface area contributed by atoms with Crippen LogP contribution in [0.3, 0.4) is 0 Å². The molecule has 0 unspecified atom stereocenters. The molecule has 8 heteroatoms. The molecule has 30 heavy (non-hydrogen) atoms. The number of rotatable bonds is 6. The monoisotopic (exact) mass is 418 g/mol. The van der Waals surface area contributed by atoms with Crippen LogP contribution in [0, 0.1) is 11.6 Å². The van der Waals surface area contributed by atoms with Gasteiger partial charge in [-0.1, -0.05) is 36.4 Å². The molecule has 1 saturated heterocycles. The molecule has 2 amide bonds. The van der Waals surface area contributed by atoms with Gasteiger partial charge in [0.05, 0.1) is 19.2 Å². The molecule has 0 spiro atoms. The highest BCUT2D eigenvalue weighted by Crippen LogP contribution is 2.24. The fraction of sp³-hybridized carbons (Fsp3) is 0.364. The summed E-state index contributed by atoms with van der Waals surface area (Å²) in [6.07, 6.45) is -0.691. The van der Waals surface area contributed by atoms with Gasteiger partial charge in [-0.05, 0) is 17.7 Å². The maximum absolute atomic E-state index is 14.0. The van der Waals surface area contributed by atoms with Crippen molar-refractivity contribution in [3.8, 4) is 0 Å². The molecule has 0 radical (unpaired) electrons. The summed E-state index contributed by atoms with van der Waals surface area (Å²) >= 11 is 0. The maximum Gasteiger partial charge on any atom is 0.410 e. The molecular formula is C22H24F2N2O4. The number of hydrogen-bond donors (Lipinski definition) is 0. The zero-order valence-corrected chi connectivity index (χ0v) is 16.9. The topological polar surface area (TPSA) is 59.1 Å². The van der Waals surface area contributed by atoms with Crippen LogP contribution in [0.15, 0.2) is 48.5 Å². The molecule has 3 rings (SSSR count). The van der Waals surface area contributed by atoms with E-state index in [0.717, 1.165) is 17.7 Å². The summed E-state index contributed by atoms with van der Waals surface area (Å²) in [5.74, 6) is -1.89. The average Bonchev–Trinajstić information content (AvgIpc) is 3.19. The normalized spacial score (nSPS) is 18.3. The summed E-state index contributed by atoms with van der Waals surface area (Å²) in [6, 6.07) is 11.9. The summed E-state index contributed by atoms with van der Waals surface area (Å²) < 4.78 is 38.6. The Bertz CT molecular complexity index is 874. The third kappa shape index (κ3) is 4.94. The first-order valence-corrected chi connectivity index (χ1v) is 9.58. The molecule has 160 valence electrons. The van der Waals surface area contributed by atoms with Gasteiger partial charge in [-0.2, -0.15) is 0 Å². The Morgan fingerprint density at radius 2 is 1.77 bits per heavy atom. The standard InChI is InChI=1S/C22H24F2N2O4/c1-25(13-17-18(23)9-6-10-19(17)24)21(27)20-11-16(29-2)12-26(20)22(28)30-14-15-7-4-3-5-8-15/h3-10,16,20H,11-14H2,1-2H3/t16-,20+/m1/s1. The van der Waals surface area contributed by atoms with Gasteiger partial charge in [0.25, 0.3) is 0 Å². The van der Waals surface area contributed by atoms with Crippen molar-refractivity contribution in [1.82, 2.24) is 9.80 Å². The lowest BCUT2D eigenvalue weighted by molar-refractivity contribution is -0.135. The van der Waals surface area contributed by atoms with Gasteiger partial charge in [0.15, 0.2) is 0 Å². The molecule has 0 aliphatic carbocycles. The SMILES string of the molecule is CO[C@@H]1C[C@@H](C(=O)N(C)Cc2c(F)cccc2F)N(C(=O)OCc2ccccc2)C1. The fourth-order valence-electron chi connectivity index (χ4n) is 3.46. The number of carbonyl (C=O) groups excluding carboxylic acids is 2. The van der Waals surface area contributed by atoms with E-state index < -0.39 is 29.7 Å². The fourth-order valence-corrected chi connectivity index (χ4v) is 3.46. The molecule has 2 atom stereocenters. The highest BCUT2D eigenvalue weighted by molar-refractivity contribution is 5.86. The van der Waals surface area contributed by atoms with Gasteiger partial charge in [-0.15, -0.1) is 0 Å². The number of ether oxygens (including phenoxy) is 2. The highest BCUT2D eigenvalue weighted by atomic mass is 19.1. The van der Waals surface area contributed by atoms with E-state index >= 15 is 0 Å². The minimum absolute atomic E-state index is 0.0744. The predicted molar refractivity (Wildman–Crippen MR) is 105 cm³/mol. The molecule has 1 aliphatic heterocycles. The van der Waals surface area contributed by atoms with E-state index in [1.54, 1.807) is 0 Å². The Kier molecular flexibility index (Phi) is 6.99. The lowest BCUT2D eigenvalue weighted by Crippen LogP contribution is -2.46. The first-order valence-electron chi connectivity index (χ1n) is 9.58. The van der Waals surface area contributed by atoms with E-state index in [2.05, 4.69) is 0 Å². The Balaban J connectivity index is 1.69. The Labute approximate surface area is 174 Å². The van der Waals surface area contributed by atoms with E-state index in [1.165, 1.54) is 30.0 Å². The Hall–Kier alpha value is -3.00. The lowest BCUT2D eigenvalue weighted by atomic mass is 10.1. The van der Waals surface area contributed by atoms with Crippen LogP contribution >= 0.6 is 0 Å². The van der Waals surface area contributed by atoms with Gasteiger partial charge in [-0.3, -0.25) is 9.69 Å². The number of methoxy groups -OCH3 is 1. The van der Waals surface area contributed by atoms with Crippen LogP contribution in [0.25, 0.3) is 0 Å². The summed E-state index contributed by atoms with van der Waals surface area (Å²) in [5, 5.41) is 0. The van der Waals surface area contributed by atoms with Gasteiger partial charge in [0.1, 0.15) is 24.3 Å². The number of hydrogen-bond acceptors (Lipinski definition) is 4. The Morgan fingerprint density at radius 1 is 1.10 bits per heavy atom. The van der Waals surface area contributed by atoms with E-state index in [4.69, 9.17) is 9.47 Å². The molecule has 0 saturated carbocycles. The average molecular weight is 418 g/mol. The van der Waals surface area contributed by atoms with Crippen LogP contribution in [0.4, 0.5) is 13.6 Å². The first kappa shape index (κ1) is 21.7. The van der Waals surface area contributed by atoms with Crippen LogP contribution in [0.1, 0.15) is 17.5 Å². The van der Waals surface area contributed by atoms with Crippen molar-refractivity contribution in [2.24, 2.45) is 0 Å². The van der Waals surface area contributed by atoms with Crippen molar-refractivity contribution in [1.29, 1.82) is 0 Å². The van der Waals surface area contributed by atoms with Crippen LogP contribution in [-0.2, 0) is 27.4 Å². The largest absolute Gasteiger partial charge is 0.445 e. The maximum atomic E-state index is 14.0. The van der Waals surface area contributed by atoms with Gasteiger partial charge >= 0.3 is 6.09 Å². The van der Waals surface area contributed by atoms with Gasteiger partial charge < -0.3 is 14.4 Å². The number of likely N-dealkylation sites (N-methyl/N-ethyl adjacent to an activating group) is 1. The minimum Gasteiger partial charge on any atom is -0.445 e. The molecule has 1 aliphatic rings. The number of carbonyl (C=O) groups is 2. The molecular weight excluding hydrogens is 394 g/mol. The second kappa shape index (κ2) is 9.67. The molecule has 1 heterocycles. The molecule has 0 bridgehead atoms. The van der Waals surface area contributed by atoms with Crippen LogP contribution < -0.4 is 0 Å². The lowest BCUT2D eigenvalue weighted by Gasteiger charge is -2.27. The van der Waals surface area contributed by atoms with Crippen molar-refractivity contribution in [3.05, 3.63) is 71.3 Å². The molecule has 1 fully saturated rings. The summed E-state index contributed by atoms with van der Waals surface area (Å²) in [6.45, 7) is 0.0197. The van der Waals surface area contributed by atoms with Crippen molar-refractivity contribution >= 4 is 12.0 Å². The number of nitrogens with zero attached hydrogens (tertiary/aromatic N) is 2. The number of benzene rings is 2. The van der Waals surface area contributed by atoms with E-state index in [-0.39, 0.29) is 37.8 Å². The second-order valence-corrected chi connectivity index (χ2v) is 7.20. The predicted octanol–water partition coefficient (Wildman–Crippen LogP) is 3.35. The highest BCUT2D eigenvalue weighted by Gasteiger charge is 2.42. The van der Waals surface area contributed by atoms with Crippen molar-refractivity contribution in [2.75, 3.05) is 20.7 Å². The number of halogens is 2. The zero-order valence-electron chi connectivity index (χ0n) is 16.9. The summed E-state index contributed by atoms with van der Waals surface area (Å²) in [7, 11) is 2.95. The van der Waals surface area contributed by atoms with E-state index in [9.17, 15) is 18.4 Å². The van der Waals surface area contributed by atoms with Crippen LogP contribution in [-0.4, -0.2) is 54.6 Å². The van der Waals surface area contributed by atoms with Gasteiger partial charge in [-0.25, -0.2) is 13.6 Å². The van der Waals surface area contributed by atoms with Crippen LogP contribution in [0.5, 0.6) is 0 Å². The van der Waals surface area contributed by atoms with Crippen molar-refractivity contribution in [2.45, 2.75) is 31.7 Å². The minimum atomic E-state index is -0.835. The number of likely N-dealkylation sites (tertiary alicyclic amines) is 1. The third-order valence-corrected chi connectivity index (χ3v) is 5.15. The molecule has 2 aromatic carbocycles. The van der Waals surface area contributed by atoms with E-state index in [0.29, 0.717) is 0 Å². The molecule has 0 N–H and O–H groups in total. The third-order valence-electron chi connectivity index (χ3n) is 5.15. The smallest absolute Gasteiger partial charge is 0.410 e.